The minimum Gasteiger partial charge on any atom is -1.00 e. The zero-order valence-electron chi connectivity index (χ0n) is 28.6. The first-order valence-corrected chi connectivity index (χ1v) is 17.3. The van der Waals surface area contributed by atoms with Gasteiger partial charge in [-0.2, -0.15) is 11.8 Å². The minimum absolute atomic E-state index is 0. The number of benzene rings is 2. The van der Waals surface area contributed by atoms with Gasteiger partial charge in [0.2, 0.25) is 0 Å². The molecule has 2 N–H and O–H groups in total. The molecule has 45 heavy (non-hydrogen) atoms. The largest absolute Gasteiger partial charge is 1.00 e. The Labute approximate surface area is 286 Å². The van der Waals surface area contributed by atoms with E-state index in [1.807, 2.05) is 63.4 Å². The van der Waals surface area contributed by atoms with Crippen LogP contribution in [-0.4, -0.2) is 72.8 Å². The molecule has 4 rings (SSSR count). The van der Waals surface area contributed by atoms with E-state index >= 15 is 0 Å². The summed E-state index contributed by atoms with van der Waals surface area (Å²) in [5, 5.41) is 12.4. The Kier molecular flexibility index (Phi) is 15.5. The molecule has 1 aliphatic carbocycles. The average molecular weight is 636 g/mol. The number of carboxylic acids is 1. The van der Waals surface area contributed by atoms with Crippen molar-refractivity contribution in [2.24, 2.45) is 5.92 Å². The number of aliphatic carboxylic acids is 1. The number of carboxylic acid groups (broad SMARTS) is 1. The van der Waals surface area contributed by atoms with Gasteiger partial charge in [0, 0.05) is 5.56 Å². The Morgan fingerprint density at radius 3 is 2.56 bits per heavy atom. The van der Waals surface area contributed by atoms with Crippen molar-refractivity contribution in [3.05, 3.63) is 59.2 Å². The van der Waals surface area contributed by atoms with Crippen molar-refractivity contribution < 1.29 is 53.9 Å². The molecule has 1 saturated heterocycles. The second-order valence-corrected chi connectivity index (χ2v) is 13.5. The van der Waals surface area contributed by atoms with Crippen LogP contribution in [0.25, 0.3) is 11.1 Å². The maximum absolute atomic E-state index is 13.4. The molecule has 0 radical (unpaired) electrons. The van der Waals surface area contributed by atoms with Crippen LogP contribution in [-0.2, 0) is 30.3 Å². The Morgan fingerprint density at radius 2 is 1.89 bits per heavy atom. The standard InChI is InChI=1S/C35H49NO7S.Li.H/c1-24-10-8-9-13-29(24)31-19-26(14-15-30(31)33(37)36-32(34(38)39)16-17-44-4)20-41-27(18-25-11-6-5-7-12-25)21-40-22-28-23-42-35(2,3)43-28;;/h8-10,13-15,19,25,27-28,32H,5-7,11-12,16-18,20-23H2,1-4H3,(H,36,37)(H,38,39);;/q;+1;-1/t27?,28?,32-;;/m0../s1. The molecule has 0 bridgehead atoms. The van der Waals surface area contributed by atoms with E-state index in [0.29, 0.717) is 50.1 Å². The van der Waals surface area contributed by atoms with Crippen LogP contribution in [0.4, 0.5) is 0 Å². The summed E-state index contributed by atoms with van der Waals surface area (Å²) in [6.45, 7) is 7.68. The number of hydrogen-bond acceptors (Lipinski definition) is 7. The Hall–Kier alpha value is -1.83. The van der Waals surface area contributed by atoms with Crippen LogP contribution in [0, 0.1) is 12.8 Å². The maximum atomic E-state index is 13.4. The number of thioether (sulfide) groups is 1. The summed E-state index contributed by atoms with van der Waals surface area (Å²) in [5.41, 5.74) is 4.11. The molecule has 2 fully saturated rings. The third kappa shape index (κ3) is 11.7. The molecule has 8 nitrogen and oxygen atoms in total. The molecule has 3 atom stereocenters. The number of rotatable bonds is 16. The van der Waals surface area contributed by atoms with E-state index in [9.17, 15) is 14.7 Å². The van der Waals surface area contributed by atoms with Crippen molar-refractivity contribution in [1.29, 1.82) is 0 Å². The van der Waals surface area contributed by atoms with Crippen molar-refractivity contribution in [2.45, 2.75) is 96.4 Å². The molecule has 0 aromatic heterocycles. The molecule has 1 amide bonds. The van der Waals surface area contributed by atoms with Gasteiger partial charge < -0.3 is 30.8 Å². The number of ether oxygens (including phenoxy) is 4. The van der Waals surface area contributed by atoms with Gasteiger partial charge in [-0.3, -0.25) is 4.79 Å². The predicted octanol–water partition coefficient (Wildman–Crippen LogP) is 3.74. The fourth-order valence-corrected chi connectivity index (χ4v) is 6.55. The van der Waals surface area contributed by atoms with Crippen LogP contribution in [0.1, 0.15) is 81.7 Å². The average Bonchev–Trinajstić information content (AvgIpc) is 3.36. The first-order chi connectivity index (χ1) is 21.1. The van der Waals surface area contributed by atoms with Gasteiger partial charge in [-0.25, -0.2) is 4.79 Å². The fourth-order valence-electron chi connectivity index (χ4n) is 6.08. The summed E-state index contributed by atoms with van der Waals surface area (Å²) in [6, 6.07) is 12.7. The Balaban J connectivity index is 0.00000368. The van der Waals surface area contributed by atoms with Gasteiger partial charge >= 0.3 is 24.8 Å². The zero-order chi connectivity index (χ0) is 31.5. The summed E-state index contributed by atoms with van der Waals surface area (Å²) in [6.07, 6.45) is 9.37. The van der Waals surface area contributed by atoms with Crippen LogP contribution < -0.4 is 24.2 Å². The second-order valence-electron chi connectivity index (χ2n) is 12.5. The third-order valence-corrected chi connectivity index (χ3v) is 9.10. The topological polar surface area (TPSA) is 103 Å². The summed E-state index contributed by atoms with van der Waals surface area (Å²) in [4.78, 5) is 25.3. The SMILES string of the molecule is CSCC[C@H](NC(=O)c1ccc(COC(COCC2COC(C)(C)O2)CC2CCCCC2)cc1-c1ccccc1C)C(=O)O.[H-].[Li+]. The summed E-state index contributed by atoms with van der Waals surface area (Å²) in [7, 11) is 0. The number of nitrogens with one attached hydrogen (secondary N) is 1. The first-order valence-electron chi connectivity index (χ1n) is 15.9. The van der Waals surface area contributed by atoms with E-state index in [1.54, 1.807) is 17.8 Å². The van der Waals surface area contributed by atoms with E-state index in [0.717, 1.165) is 28.7 Å². The van der Waals surface area contributed by atoms with E-state index in [-0.39, 0.29) is 32.5 Å². The minimum atomic E-state index is -1.03. The molecule has 2 aromatic carbocycles. The number of hydrogen-bond donors (Lipinski definition) is 2. The number of carbonyl (C=O) groups is 2. The molecule has 10 heteroatoms. The summed E-state index contributed by atoms with van der Waals surface area (Å²) in [5.74, 6) is -0.730. The third-order valence-electron chi connectivity index (χ3n) is 8.46. The first kappa shape index (κ1) is 37.6. The van der Waals surface area contributed by atoms with Crippen LogP contribution in [0.2, 0.25) is 0 Å². The molecule has 2 unspecified atom stereocenters. The molecule has 2 aromatic rings. The van der Waals surface area contributed by atoms with Crippen molar-refractivity contribution >= 4 is 23.6 Å². The molecule has 1 saturated carbocycles. The molecule has 2 aliphatic rings. The number of carbonyl (C=O) groups excluding carboxylic acids is 1. The molecule has 1 heterocycles. The zero-order valence-corrected chi connectivity index (χ0v) is 28.5. The number of amides is 1. The summed E-state index contributed by atoms with van der Waals surface area (Å²) < 4.78 is 24.2. The van der Waals surface area contributed by atoms with Gasteiger partial charge in [0.1, 0.15) is 12.1 Å². The quantitative estimate of drug-likeness (QED) is 0.269. The van der Waals surface area contributed by atoms with Crippen LogP contribution in [0.3, 0.4) is 0 Å². The Morgan fingerprint density at radius 1 is 1.13 bits per heavy atom. The van der Waals surface area contributed by atoms with Crippen molar-refractivity contribution in [3.63, 3.8) is 0 Å². The van der Waals surface area contributed by atoms with Gasteiger partial charge in [0.25, 0.3) is 5.91 Å². The monoisotopic (exact) mass is 635 g/mol. The van der Waals surface area contributed by atoms with Crippen LogP contribution in [0.15, 0.2) is 42.5 Å². The van der Waals surface area contributed by atoms with E-state index in [4.69, 9.17) is 18.9 Å². The van der Waals surface area contributed by atoms with Crippen LogP contribution >= 0.6 is 11.8 Å². The number of aryl methyl sites for hydroxylation is 1. The van der Waals surface area contributed by atoms with Crippen molar-refractivity contribution in [1.82, 2.24) is 5.32 Å². The van der Waals surface area contributed by atoms with E-state index in [2.05, 4.69) is 5.32 Å². The summed E-state index contributed by atoms with van der Waals surface area (Å²) >= 11 is 1.55. The fraction of sp³-hybridized carbons (Fsp3) is 0.600. The molecular formula is C35H50LiNO7S. The van der Waals surface area contributed by atoms with E-state index in [1.165, 1.54) is 32.1 Å². The van der Waals surface area contributed by atoms with Crippen molar-refractivity contribution in [3.8, 4) is 11.1 Å². The molecule has 0 spiro atoms. The van der Waals surface area contributed by atoms with E-state index < -0.39 is 23.7 Å². The van der Waals surface area contributed by atoms with Crippen LogP contribution in [0.5, 0.6) is 0 Å². The van der Waals surface area contributed by atoms with Gasteiger partial charge in [-0.15, -0.1) is 0 Å². The van der Waals surface area contributed by atoms with Gasteiger partial charge in [-0.05, 0) is 85.9 Å². The smallest absolute Gasteiger partial charge is 1.00 e. The van der Waals surface area contributed by atoms with Crippen molar-refractivity contribution in [2.75, 3.05) is 31.8 Å². The second kappa shape index (κ2) is 18.5. The van der Waals surface area contributed by atoms with Gasteiger partial charge in [0.15, 0.2) is 5.79 Å². The van der Waals surface area contributed by atoms with Gasteiger partial charge in [-0.1, -0.05) is 62.4 Å². The molecular weight excluding hydrogens is 585 g/mol. The molecule has 244 valence electrons. The molecule has 1 aliphatic heterocycles. The normalized spacial score (nSPS) is 19.4. The predicted molar refractivity (Wildman–Crippen MR) is 175 cm³/mol. The van der Waals surface area contributed by atoms with Gasteiger partial charge in [0.05, 0.1) is 32.5 Å². The maximum Gasteiger partial charge on any atom is 1.00 e. The Bertz CT molecular complexity index is 1240.